The van der Waals surface area contributed by atoms with Gasteiger partial charge in [0.15, 0.2) is 5.78 Å². The van der Waals surface area contributed by atoms with Gasteiger partial charge < -0.3 is 9.84 Å². The van der Waals surface area contributed by atoms with Crippen LogP contribution in [0.3, 0.4) is 0 Å². The summed E-state index contributed by atoms with van der Waals surface area (Å²) in [6, 6.07) is 0. The van der Waals surface area contributed by atoms with Gasteiger partial charge in [-0.05, 0) is 64.2 Å². The lowest BCUT2D eigenvalue weighted by molar-refractivity contribution is -0.149. The molecule has 0 radical (unpaired) electrons. The molecule has 0 aliphatic carbocycles. The Morgan fingerprint density at radius 1 is 0.545 bits per heavy atom. The van der Waals surface area contributed by atoms with E-state index in [0.717, 1.165) is 57.8 Å². The Morgan fingerprint density at radius 3 is 1.36 bits per heavy atom. The summed E-state index contributed by atoms with van der Waals surface area (Å²) in [5, 5.41) is 9.53. The summed E-state index contributed by atoms with van der Waals surface area (Å²) in [6.07, 6.45) is 39.8. The van der Waals surface area contributed by atoms with E-state index in [1.54, 1.807) is 0 Å². The number of esters is 1. The topological polar surface area (TPSA) is 80.7 Å². The number of rotatable bonds is 34. The van der Waals surface area contributed by atoms with Crippen LogP contribution in [-0.2, 0) is 19.1 Å². The minimum absolute atomic E-state index is 0.0576. The summed E-state index contributed by atoms with van der Waals surface area (Å²) in [5.41, 5.74) is 0. The SMILES string of the molecule is CCCCCCCC=CCCCCCCCCC(=O)OCC(=O)CC(CCCCCCC=CCCCCCCCC)C(=O)O. The van der Waals surface area contributed by atoms with E-state index in [1.807, 2.05) is 0 Å². The Bertz CT molecular complexity index is 726. The lowest BCUT2D eigenvalue weighted by Crippen LogP contribution is -2.22. The maximum absolute atomic E-state index is 12.3. The third-order valence-corrected chi connectivity index (χ3v) is 8.42. The van der Waals surface area contributed by atoms with Crippen molar-refractivity contribution >= 4 is 17.7 Å². The van der Waals surface area contributed by atoms with Crippen molar-refractivity contribution < 1.29 is 24.2 Å². The normalized spacial score (nSPS) is 12.3. The van der Waals surface area contributed by atoms with Gasteiger partial charge in [-0.15, -0.1) is 0 Å². The van der Waals surface area contributed by atoms with E-state index in [9.17, 15) is 19.5 Å². The van der Waals surface area contributed by atoms with Crippen LogP contribution in [0.2, 0.25) is 0 Å². The van der Waals surface area contributed by atoms with Gasteiger partial charge in [-0.3, -0.25) is 14.4 Å². The maximum atomic E-state index is 12.3. The van der Waals surface area contributed by atoms with Gasteiger partial charge >= 0.3 is 11.9 Å². The molecular weight excluding hydrogens is 548 g/mol. The summed E-state index contributed by atoms with van der Waals surface area (Å²) < 4.78 is 5.13. The predicted molar refractivity (Wildman–Crippen MR) is 186 cm³/mol. The van der Waals surface area contributed by atoms with Gasteiger partial charge in [-0.1, -0.05) is 141 Å². The summed E-state index contributed by atoms with van der Waals surface area (Å²) in [7, 11) is 0. The van der Waals surface area contributed by atoms with Crippen molar-refractivity contribution in [3.8, 4) is 0 Å². The van der Waals surface area contributed by atoms with Crippen LogP contribution in [-0.4, -0.2) is 29.4 Å². The largest absolute Gasteiger partial charge is 0.481 e. The molecule has 0 aromatic carbocycles. The highest BCUT2D eigenvalue weighted by molar-refractivity contribution is 5.86. The first-order valence-electron chi connectivity index (χ1n) is 18.7. The lowest BCUT2D eigenvalue weighted by Gasteiger charge is -2.11. The van der Waals surface area contributed by atoms with Crippen molar-refractivity contribution in [2.45, 2.75) is 194 Å². The second-order valence-electron chi connectivity index (χ2n) is 12.8. The minimum atomic E-state index is -0.934. The molecule has 0 bridgehead atoms. The van der Waals surface area contributed by atoms with E-state index in [0.29, 0.717) is 12.8 Å². The van der Waals surface area contributed by atoms with Crippen molar-refractivity contribution in [3.05, 3.63) is 24.3 Å². The van der Waals surface area contributed by atoms with E-state index in [-0.39, 0.29) is 24.8 Å². The zero-order chi connectivity index (χ0) is 32.4. The van der Waals surface area contributed by atoms with E-state index in [4.69, 9.17) is 4.74 Å². The smallest absolute Gasteiger partial charge is 0.306 e. The molecule has 0 saturated heterocycles. The first-order chi connectivity index (χ1) is 21.5. The number of allylic oxidation sites excluding steroid dienone is 4. The lowest BCUT2D eigenvalue weighted by atomic mass is 9.95. The number of hydrogen-bond acceptors (Lipinski definition) is 4. The van der Waals surface area contributed by atoms with Crippen molar-refractivity contribution in [3.63, 3.8) is 0 Å². The van der Waals surface area contributed by atoms with E-state index in [2.05, 4.69) is 38.2 Å². The highest BCUT2D eigenvalue weighted by Crippen LogP contribution is 2.17. The molecule has 0 rings (SSSR count). The number of Topliss-reactive ketones (excluding diaryl/α,β-unsaturated/α-hetero) is 1. The molecule has 0 aromatic rings. The first kappa shape index (κ1) is 42.1. The highest BCUT2D eigenvalue weighted by atomic mass is 16.5. The highest BCUT2D eigenvalue weighted by Gasteiger charge is 2.21. The third kappa shape index (κ3) is 31.5. The average Bonchev–Trinajstić information content (AvgIpc) is 3.01. The number of unbranched alkanes of at least 4 members (excludes halogenated alkanes) is 21. The van der Waals surface area contributed by atoms with Crippen molar-refractivity contribution in [1.29, 1.82) is 0 Å². The third-order valence-electron chi connectivity index (χ3n) is 8.42. The Hall–Kier alpha value is -1.91. The molecule has 0 aromatic heterocycles. The number of carboxylic acids is 1. The molecule has 0 heterocycles. The van der Waals surface area contributed by atoms with Gasteiger partial charge in [-0.25, -0.2) is 0 Å². The number of ether oxygens (including phenoxy) is 1. The quantitative estimate of drug-likeness (QED) is 0.0441. The van der Waals surface area contributed by atoms with Crippen LogP contribution in [0.4, 0.5) is 0 Å². The Labute approximate surface area is 272 Å². The van der Waals surface area contributed by atoms with Crippen LogP contribution in [0.25, 0.3) is 0 Å². The zero-order valence-electron chi connectivity index (χ0n) is 29.0. The second kappa shape index (κ2) is 34.0. The fourth-order valence-electron chi connectivity index (χ4n) is 5.50. The second-order valence-corrected chi connectivity index (χ2v) is 12.8. The molecule has 0 aliphatic rings. The zero-order valence-corrected chi connectivity index (χ0v) is 29.0. The fraction of sp³-hybridized carbons (Fsp3) is 0.821. The molecule has 5 heteroatoms. The number of aliphatic carboxylic acids is 1. The Kier molecular flexibility index (Phi) is 32.5. The molecule has 0 aliphatic heterocycles. The van der Waals surface area contributed by atoms with Gasteiger partial charge in [0.05, 0.1) is 5.92 Å². The van der Waals surface area contributed by atoms with Crippen molar-refractivity contribution in [2.75, 3.05) is 6.61 Å². The molecule has 1 atom stereocenters. The van der Waals surface area contributed by atoms with Gasteiger partial charge in [0.1, 0.15) is 6.61 Å². The molecular formula is C39H70O5. The van der Waals surface area contributed by atoms with Crippen LogP contribution in [0, 0.1) is 5.92 Å². The minimum Gasteiger partial charge on any atom is -0.481 e. The van der Waals surface area contributed by atoms with Crippen LogP contribution < -0.4 is 0 Å². The number of hydrogen-bond donors (Lipinski definition) is 1. The number of carbonyl (C=O) groups excluding carboxylic acids is 2. The van der Waals surface area contributed by atoms with Crippen molar-refractivity contribution in [2.24, 2.45) is 5.92 Å². The Balaban J connectivity index is 3.70. The summed E-state index contributed by atoms with van der Waals surface area (Å²) in [6.45, 7) is 4.19. The molecule has 44 heavy (non-hydrogen) atoms. The van der Waals surface area contributed by atoms with Crippen LogP contribution in [0.5, 0.6) is 0 Å². The summed E-state index contributed by atoms with van der Waals surface area (Å²) >= 11 is 0. The molecule has 0 saturated carbocycles. The first-order valence-corrected chi connectivity index (χ1v) is 18.7. The molecule has 5 nitrogen and oxygen atoms in total. The molecule has 1 N–H and O–H groups in total. The van der Waals surface area contributed by atoms with Crippen molar-refractivity contribution in [1.82, 2.24) is 0 Å². The fourth-order valence-corrected chi connectivity index (χ4v) is 5.50. The molecule has 0 spiro atoms. The maximum Gasteiger partial charge on any atom is 0.306 e. The van der Waals surface area contributed by atoms with Gasteiger partial charge in [0.25, 0.3) is 0 Å². The standard InChI is InChI=1S/C39H70O5/c1-3-5-7-9-11-13-15-17-19-21-23-25-27-29-31-33-38(41)44-35-37(40)34-36(39(42)43)32-30-28-26-24-22-20-18-16-14-12-10-8-6-4-2/h15,17-18,20,36H,3-14,16,19,21-35H2,1-2H3,(H,42,43). The predicted octanol–water partition coefficient (Wildman–Crippen LogP) is 11.9. The summed E-state index contributed by atoms with van der Waals surface area (Å²) in [4.78, 5) is 35.9. The van der Waals surface area contributed by atoms with Gasteiger partial charge in [0.2, 0.25) is 0 Å². The van der Waals surface area contributed by atoms with Crippen LogP contribution in [0.15, 0.2) is 24.3 Å². The molecule has 256 valence electrons. The van der Waals surface area contributed by atoms with E-state index >= 15 is 0 Å². The Morgan fingerprint density at radius 2 is 0.932 bits per heavy atom. The van der Waals surface area contributed by atoms with Gasteiger partial charge in [0, 0.05) is 12.8 Å². The van der Waals surface area contributed by atoms with Crippen LogP contribution in [0.1, 0.15) is 194 Å². The van der Waals surface area contributed by atoms with Crippen LogP contribution >= 0.6 is 0 Å². The molecule has 0 fully saturated rings. The van der Waals surface area contributed by atoms with E-state index < -0.39 is 11.9 Å². The number of ketones is 1. The molecule has 0 amide bonds. The summed E-state index contributed by atoms with van der Waals surface area (Å²) in [5.74, 6) is -2.28. The monoisotopic (exact) mass is 619 g/mol. The molecule has 1 unspecified atom stereocenters. The number of carbonyl (C=O) groups is 3. The average molecular weight is 619 g/mol. The van der Waals surface area contributed by atoms with E-state index in [1.165, 1.54) is 103 Å². The number of carboxylic acid groups (broad SMARTS) is 1. The van der Waals surface area contributed by atoms with Gasteiger partial charge in [-0.2, -0.15) is 0 Å².